The summed E-state index contributed by atoms with van der Waals surface area (Å²) in [5.74, 6) is 0.984. The first-order valence-electron chi connectivity index (χ1n) is 6.95. The molecule has 0 aliphatic carbocycles. The Bertz CT molecular complexity index is 842. The zero-order valence-corrected chi connectivity index (χ0v) is 12.8. The Morgan fingerprint density at radius 1 is 1.35 bits per heavy atom. The first-order chi connectivity index (χ1) is 11.3. The SMILES string of the molecule is O=C1COc2cccc(OCc3csc(-c4ccoc4)n3)c2N1. The summed E-state index contributed by atoms with van der Waals surface area (Å²) in [5.41, 5.74) is 2.32. The number of carbonyl (C=O) groups excluding carboxylic acids is 1. The molecule has 0 fully saturated rings. The van der Waals surface area contributed by atoms with Crippen molar-refractivity contribution in [3.8, 4) is 22.1 Å². The highest BCUT2D eigenvalue weighted by Crippen LogP contribution is 2.37. The largest absolute Gasteiger partial charge is 0.485 e. The summed E-state index contributed by atoms with van der Waals surface area (Å²) < 4.78 is 16.2. The van der Waals surface area contributed by atoms with Crippen LogP contribution in [0.25, 0.3) is 10.6 Å². The van der Waals surface area contributed by atoms with E-state index in [1.54, 1.807) is 24.7 Å². The molecule has 1 aliphatic heterocycles. The summed E-state index contributed by atoms with van der Waals surface area (Å²) >= 11 is 1.53. The number of para-hydroxylation sites is 1. The predicted octanol–water partition coefficient (Wildman–Crippen LogP) is 3.31. The smallest absolute Gasteiger partial charge is 0.262 e. The van der Waals surface area contributed by atoms with E-state index in [1.807, 2.05) is 17.5 Å². The van der Waals surface area contributed by atoms with Crippen molar-refractivity contribution in [3.63, 3.8) is 0 Å². The molecule has 2 aromatic heterocycles. The fourth-order valence-corrected chi connectivity index (χ4v) is 3.03. The van der Waals surface area contributed by atoms with E-state index in [0.717, 1.165) is 16.3 Å². The molecule has 6 nitrogen and oxygen atoms in total. The quantitative estimate of drug-likeness (QED) is 0.795. The number of thiazole rings is 1. The van der Waals surface area contributed by atoms with Gasteiger partial charge in [0, 0.05) is 10.9 Å². The van der Waals surface area contributed by atoms with Crippen LogP contribution < -0.4 is 14.8 Å². The Labute approximate surface area is 135 Å². The van der Waals surface area contributed by atoms with Crippen LogP contribution in [0.5, 0.6) is 11.5 Å². The molecule has 0 atom stereocenters. The number of aromatic nitrogens is 1. The number of nitrogens with zero attached hydrogens (tertiary/aromatic N) is 1. The molecule has 23 heavy (non-hydrogen) atoms. The van der Waals surface area contributed by atoms with Crippen LogP contribution in [0, 0.1) is 0 Å². The summed E-state index contributed by atoms with van der Waals surface area (Å²) in [4.78, 5) is 16.0. The molecule has 0 saturated carbocycles. The van der Waals surface area contributed by atoms with E-state index < -0.39 is 0 Å². The number of rotatable bonds is 4. The molecule has 1 N–H and O–H groups in total. The van der Waals surface area contributed by atoms with Gasteiger partial charge in [-0.25, -0.2) is 4.98 Å². The van der Waals surface area contributed by atoms with E-state index >= 15 is 0 Å². The van der Waals surface area contributed by atoms with Gasteiger partial charge in [0.15, 0.2) is 6.61 Å². The third-order valence-electron chi connectivity index (χ3n) is 3.31. The average molecular weight is 328 g/mol. The Balaban J connectivity index is 1.51. The number of ether oxygens (including phenoxy) is 2. The molecule has 4 rings (SSSR count). The van der Waals surface area contributed by atoms with Crippen LogP contribution in [0.3, 0.4) is 0 Å². The molecule has 0 bridgehead atoms. The molecule has 0 radical (unpaired) electrons. The van der Waals surface area contributed by atoms with Gasteiger partial charge >= 0.3 is 0 Å². The Hall–Kier alpha value is -2.80. The molecule has 0 spiro atoms. The third kappa shape index (κ3) is 2.78. The number of benzene rings is 1. The maximum atomic E-state index is 11.5. The standard InChI is InChI=1S/C16H12N2O4S/c19-14-8-22-13-3-1-2-12(15(13)18-14)21-7-11-9-23-16(17-11)10-4-5-20-6-10/h1-6,9H,7-8H2,(H,18,19). The number of hydrogen-bond acceptors (Lipinski definition) is 6. The average Bonchev–Trinajstić information content (AvgIpc) is 3.24. The first-order valence-corrected chi connectivity index (χ1v) is 7.83. The maximum Gasteiger partial charge on any atom is 0.262 e. The summed E-state index contributed by atoms with van der Waals surface area (Å²) in [6.07, 6.45) is 3.27. The van der Waals surface area contributed by atoms with Gasteiger partial charge in [0.2, 0.25) is 0 Å². The summed E-state index contributed by atoms with van der Waals surface area (Å²) in [6, 6.07) is 7.27. The van der Waals surface area contributed by atoms with Gasteiger partial charge in [0.05, 0.1) is 12.0 Å². The minimum atomic E-state index is -0.190. The van der Waals surface area contributed by atoms with Crippen molar-refractivity contribution in [2.75, 3.05) is 11.9 Å². The van der Waals surface area contributed by atoms with Crippen molar-refractivity contribution < 1.29 is 18.7 Å². The highest BCUT2D eigenvalue weighted by atomic mass is 32.1. The van der Waals surface area contributed by atoms with E-state index in [-0.39, 0.29) is 12.5 Å². The molecule has 3 aromatic rings. The lowest BCUT2D eigenvalue weighted by atomic mass is 10.2. The molecule has 3 heterocycles. The lowest BCUT2D eigenvalue weighted by Crippen LogP contribution is -2.25. The Kier molecular flexibility index (Phi) is 3.47. The van der Waals surface area contributed by atoms with E-state index in [4.69, 9.17) is 13.9 Å². The van der Waals surface area contributed by atoms with Crippen LogP contribution in [0.15, 0.2) is 46.6 Å². The van der Waals surface area contributed by atoms with Crippen molar-refractivity contribution >= 4 is 22.9 Å². The fraction of sp³-hybridized carbons (Fsp3) is 0.125. The van der Waals surface area contributed by atoms with Crippen LogP contribution in [0.2, 0.25) is 0 Å². The monoisotopic (exact) mass is 328 g/mol. The van der Waals surface area contributed by atoms with Crippen molar-refractivity contribution in [2.24, 2.45) is 0 Å². The number of amides is 1. The summed E-state index contributed by atoms with van der Waals surface area (Å²) in [7, 11) is 0. The summed E-state index contributed by atoms with van der Waals surface area (Å²) in [5, 5.41) is 5.59. The van der Waals surface area contributed by atoms with Gasteiger partial charge in [-0.1, -0.05) is 6.07 Å². The number of furan rings is 1. The van der Waals surface area contributed by atoms with E-state index in [1.165, 1.54) is 11.3 Å². The molecular formula is C16H12N2O4S. The molecule has 7 heteroatoms. The normalized spacial score (nSPS) is 13.1. The van der Waals surface area contributed by atoms with Gasteiger partial charge in [-0.05, 0) is 18.2 Å². The molecule has 116 valence electrons. The highest BCUT2D eigenvalue weighted by molar-refractivity contribution is 7.13. The third-order valence-corrected chi connectivity index (χ3v) is 4.25. The zero-order chi connectivity index (χ0) is 15.6. The van der Waals surface area contributed by atoms with Gasteiger partial charge < -0.3 is 19.2 Å². The topological polar surface area (TPSA) is 73.6 Å². The van der Waals surface area contributed by atoms with Crippen molar-refractivity contribution in [1.29, 1.82) is 0 Å². The molecule has 0 saturated heterocycles. The van der Waals surface area contributed by atoms with Gasteiger partial charge in [0.1, 0.15) is 35.1 Å². The second-order valence-corrected chi connectivity index (χ2v) is 5.77. The van der Waals surface area contributed by atoms with Gasteiger partial charge in [-0.2, -0.15) is 0 Å². The van der Waals surface area contributed by atoms with E-state index in [2.05, 4.69) is 10.3 Å². The number of carbonyl (C=O) groups is 1. The van der Waals surface area contributed by atoms with E-state index in [9.17, 15) is 4.79 Å². The van der Waals surface area contributed by atoms with E-state index in [0.29, 0.717) is 23.8 Å². The highest BCUT2D eigenvalue weighted by Gasteiger charge is 2.20. The van der Waals surface area contributed by atoms with Gasteiger partial charge in [-0.15, -0.1) is 11.3 Å². The minimum absolute atomic E-state index is 0.0244. The van der Waals surface area contributed by atoms with Crippen LogP contribution in [0.1, 0.15) is 5.69 Å². The van der Waals surface area contributed by atoms with Crippen LogP contribution in [-0.4, -0.2) is 17.5 Å². The molecule has 1 aliphatic rings. The second-order valence-electron chi connectivity index (χ2n) is 4.91. The second kappa shape index (κ2) is 5.77. The fourth-order valence-electron chi connectivity index (χ4n) is 2.24. The van der Waals surface area contributed by atoms with Crippen molar-refractivity contribution in [1.82, 2.24) is 4.98 Å². The maximum absolute atomic E-state index is 11.5. The molecular weight excluding hydrogens is 316 g/mol. The number of anilines is 1. The molecule has 0 unspecified atom stereocenters. The molecule has 1 aromatic carbocycles. The zero-order valence-electron chi connectivity index (χ0n) is 11.9. The van der Waals surface area contributed by atoms with Crippen LogP contribution >= 0.6 is 11.3 Å². The Morgan fingerprint density at radius 2 is 2.30 bits per heavy atom. The number of nitrogens with one attached hydrogen (secondary N) is 1. The van der Waals surface area contributed by atoms with Gasteiger partial charge in [-0.3, -0.25) is 4.79 Å². The summed E-state index contributed by atoms with van der Waals surface area (Å²) in [6.45, 7) is 0.331. The van der Waals surface area contributed by atoms with Gasteiger partial charge in [0.25, 0.3) is 5.91 Å². The first kappa shape index (κ1) is 13.8. The lowest BCUT2D eigenvalue weighted by Gasteiger charge is -2.20. The van der Waals surface area contributed by atoms with Crippen molar-refractivity contribution in [2.45, 2.75) is 6.61 Å². The number of hydrogen-bond donors (Lipinski definition) is 1. The predicted molar refractivity (Wildman–Crippen MR) is 84.7 cm³/mol. The lowest BCUT2D eigenvalue weighted by molar-refractivity contribution is -0.118. The van der Waals surface area contributed by atoms with Crippen LogP contribution in [0.4, 0.5) is 5.69 Å². The minimum Gasteiger partial charge on any atom is -0.485 e. The van der Waals surface area contributed by atoms with Crippen molar-refractivity contribution in [3.05, 3.63) is 47.9 Å². The Morgan fingerprint density at radius 3 is 3.17 bits per heavy atom. The molecule has 1 amide bonds. The van der Waals surface area contributed by atoms with Crippen LogP contribution in [-0.2, 0) is 11.4 Å². The number of fused-ring (bicyclic) bond motifs is 1.